The maximum atomic E-state index is 13.5. The number of hydrogen-bond acceptors (Lipinski definition) is 5. The highest BCUT2D eigenvalue weighted by molar-refractivity contribution is 7.12. The first-order chi connectivity index (χ1) is 15.8. The second-order valence-corrected chi connectivity index (χ2v) is 11.9. The fraction of sp³-hybridized carbons (Fsp3) is 0.519. The summed E-state index contributed by atoms with van der Waals surface area (Å²) in [7, 11) is 0. The second-order valence-electron chi connectivity index (χ2n) is 9.97. The van der Waals surface area contributed by atoms with Crippen LogP contribution in [0.4, 0.5) is 0 Å². The summed E-state index contributed by atoms with van der Waals surface area (Å²) < 4.78 is 7.13. The van der Waals surface area contributed by atoms with Gasteiger partial charge in [0, 0.05) is 18.8 Å². The van der Waals surface area contributed by atoms with Crippen LogP contribution in [0.5, 0.6) is 0 Å². The SMILES string of the molecule is CC(C)=CCCC(C)=CC[N+]12CCC(CC1)[C@@H](OC(=O)C(O)(c1cccs1)c1cccs1)C2. The molecule has 0 aliphatic carbocycles. The van der Waals surface area contributed by atoms with Crippen LogP contribution in [-0.4, -0.2) is 47.8 Å². The fourth-order valence-electron chi connectivity index (χ4n) is 5.17. The number of aliphatic hydroxyl groups is 1. The summed E-state index contributed by atoms with van der Waals surface area (Å²) in [5.74, 6) is -0.134. The number of quaternary nitrogens is 1. The molecule has 1 N–H and O–H groups in total. The Bertz CT molecular complexity index is 944. The van der Waals surface area contributed by atoms with Crippen molar-refractivity contribution in [3.05, 3.63) is 68.1 Å². The van der Waals surface area contributed by atoms with Gasteiger partial charge < -0.3 is 14.3 Å². The number of fused-ring (bicyclic) bond motifs is 3. The first-order valence-electron chi connectivity index (χ1n) is 12.0. The first-order valence-corrected chi connectivity index (χ1v) is 13.7. The minimum atomic E-state index is -1.72. The summed E-state index contributed by atoms with van der Waals surface area (Å²) in [6.45, 7) is 10.7. The van der Waals surface area contributed by atoms with Gasteiger partial charge in [0.05, 0.1) is 29.4 Å². The van der Waals surface area contributed by atoms with Gasteiger partial charge in [-0.25, -0.2) is 4.79 Å². The summed E-state index contributed by atoms with van der Waals surface area (Å²) in [6, 6.07) is 7.37. The molecular weight excluding hydrogens is 450 g/mol. The lowest BCUT2D eigenvalue weighted by molar-refractivity contribution is -0.941. The summed E-state index contributed by atoms with van der Waals surface area (Å²) in [6.07, 6.45) is 8.92. The largest absolute Gasteiger partial charge is 0.453 e. The van der Waals surface area contributed by atoms with Gasteiger partial charge in [-0.2, -0.15) is 0 Å². The number of ether oxygens (including phenoxy) is 1. The highest BCUT2D eigenvalue weighted by Crippen LogP contribution is 2.40. The molecule has 2 aromatic rings. The molecule has 3 aliphatic rings. The smallest absolute Gasteiger partial charge is 0.349 e. The molecule has 6 heteroatoms. The van der Waals surface area contributed by atoms with Crippen molar-refractivity contribution in [1.82, 2.24) is 0 Å². The summed E-state index contributed by atoms with van der Waals surface area (Å²) in [4.78, 5) is 14.7. The number of rotatable bonds is 9. The van der Waals surface area contributed by atoms with Gasteiger partial charge in [-0.05, 0) is 62.6 Å². The molecule has 178 valence electrons. The van der Waals surface area contributed by atoms with Crippen molar-refractivity contribution in [3.8, 4) is 0 Å². The molecule has 4 nitrogen and oxygen atoms in total. The van der Waals surface area contributed by atoms with Crippen LogP contribution in [0.3, 0.4) is 0 Å². The third kappa shape index (κ3) is 5.35. The minimum Gasteiger partial charge on any atom is -0.453 e. The second kappa shape index (κ2) is 10.3. The third-order valence-corrected chi connectivity index (χ3v) is 9.23. The van der Waals surface area contributed by atoms with Crippen LogP contribution >= 0.6 is 22.7 Å². The van der Waals surface area contributed by atoms with E-state index >= 15 is 0 Å². The van der Waals surface area contributed by atoms with Gasteiger partial charge in [0.1, 0.15) is 6.54 Å². The molecule has 5 rings (SSSR count). The molecule has 3 aliphatic heterocycles. The van der Waals surface area contributed by atoms with E-state index in [1.807, 2.05) is 35.0 Å². The number of allylic oxidation sites excluding steroid dienone is 3. The predicted octanol–water partition coefficient (Wildman–Crippen LogP) is 5.89. The van der Waals surface area contributed by atoms with Crippen molar-refractivity contribution in [2.45, 2.75) is 58.2 Å². The Kier molecular flexibility index (Phi) is 7.59. The number of thiophene rings is 2. The molecule has 2 bridgehead atoms. The topological polar surface area (TPSA) is 46.5 Å². The Labute approximate surface area is 205 Å². The minimum absolute atomic E-state index is 0.133. The summed E-state index contributed by atoms with van der Waals surface area (Å²) in [5.41, 5.74) is 1.09. The van der Waals surface area contributed by atoms with Crippen molar-refractivity contribution >= 4 is 28.6 Å². The molecule has 0 radical (unpaired) electrons. The molecule has 0 saturated carbocycles. The van der Waals surface area contributed by atoms with Crippen molar-refractivity contribution in [1.29, 1.82) is 0 Å². The van der Waals surface area contributed by atoms with Gasteiger partial charge >= 0.3 is 5.97 Å². The van der Waals surface area contributed by atoms with Crippen LogP contribution in [0.2, 0.25) is 0 Å². The van der Waals surface area contributed by atoms with Crippen LogP contribution in [-0.2, 0) is 15.1 Å². The lowest BCUT2D eigenvalue weighted by Crippen LogP contribution is -2.64. The zero-order valence-electron chi connectivity index (χ0n) is 20.0. The van der Waals surface area contributed by atoms with Gasteiger partial charge in [0.15, 0.2) is 6.10 Å². The Balaban J connectivity index is 1.45. The van der Waals surface area contributed by atoms with Gasteiger partial charge in [0.25, 0.3) is 0 Å². The summed E-state index contributed by atoms with van der Waals surface area (Å²) >= 11 is 2.79. The molecular formula is C27H36NO3S2+. The molecule has 33 heavy (non-hydrogen) atoms. The number of piperidine rings is 3. The standard InChI is InChI=1S/C27H36NO3S2/c1-20(2)7-4-8-21(3)11-14-28-15-12-22(13-16-28)23(19-28)31-26(29)27(30,24-9-5-17-32-24)25-10-6-18-33-25/h5-7,9-11,17-18,22-23,30H,4,8,12-16,19H2,1-3H3/q+1/t22?,23-,28?/m0/s1. The fourth-order valence-corrected chi connectivity index (χ4v) is 6.88. The monoisotopic (exact) mass is 486 g/mol. The molecule has 1 atom stereocenters. The molecule has 0 unspecified atom stereocenters. The van der Waals surface area contributed by atoms with E-state index in [0.29, 0.717) is 15.7 Å². The lowest BCUT2D eigenvalue weighted by Gasteiger charge is -2.52. The number of hydrogen-bond donors (Lipinski definition) is 1. The Morgan fingerprint density at radius 2 is 1.76 bits per heavy atom. The van der Waals surface area contributed by atoms with Crippen LogP contribution in [0, 0.1) is 5.92 Å². The van der Waals surface area contributed by atoms with Crippen LogP contribution in [0.1, 0.15) is 56.2 Å². The quantitative estimate of drug-likeness (QED) is 0.273. The Hall–Kier alpha value is -1.73. The maximum absolute atomic E-state index is 13.5. The van der Waals surface area contributed by atoms with Gasteiger partial charge in [-0.15, -0.1) is 22.7 Å². The predicted molar refractivity (Wildman–Crippen MR) is 136 cm³/mol. The van der Waals surface area contributed by atoms with Gasteiger partial charge in [-0.3, -0.25) is 0 Å². The van der Waals surface area contributed by atoms with E-state index in [0.717, 1.165) is 56.3 Å². The molecule has 0 spiro atoms. The molecule has 3 saturated heterocycles. The van der Waals surface area contributed by atoms with E-state index in [1.165, 1.54) is 33.8 Å². The molecule has 3 fully saturated rings. The average Bonchev–Trinajstić information content (AvgIpc) is 3.53. The van der Waals surface area contributed by atoms with Gasteiger partial charge in [-0.1, -0.05) is 29.4 Å². The molecule has 2 aromatic heterocycles. The zero-order valence-corrected chi connectivity index (χ0v) is 21.6. The van der Waals surface area contributed by atoms with Crippen LogP contribution < -0.4 is 0 Å². The molecule has 5 heterocycles. The van der Waals surface area contributed by atoms with E-state index < -0.39 is 11.6 Å². The van der Waals surface area contributed by atoms with E-state index in [2.05, 4.69) is 32.9 Å². The van der Waals surface area contributed by atoms with Crippen LogP contribution in [0.15, 0.2) is 58.3 Å². The molecule has 0 amide bonds. The van der Waals surface area contributed by atoms with Crippen LogP contribution in [0.25, 0.3) is 0 Å². The van der Waals surface area contributed by atoms with E-state index in [9.17, 15) is 9.90 Å². The number of carbonyl (C=O) groups is 1. The highest BCUT2D eigenvalue weighted by atomic mass is 32.1. The van der Waals surface area contributed by atoms with E-state index in [-0.39, 0.29) is 6.10 Å². The van der Waals surface area contributed by atoms with Crippen molar-refractivity contribution < 1.29 is 19.1 Å². The van der Waals surface area contributed by atoms with Gasteiger partial charge in [0.2, 0.25) is 5.60 Å². The maximum Gasteiger partial charge on any atom is 0.349 e. The van der Waals surface area contributed by atoms with Crippen molar-refractivity contribution in [2.75, 3.05) is 26.2 Å². The normalized spacial score (nSPS) is 25.2. The number of nitrogens with zero attached hydrogens (tertiary/aromatic N) is 1. The van der Waals surface area contributed by atoms with E-state index in [4.69, 9.17) is 4.74 Å². The third-order valence-electron chi connectivity index (χ3n) is 7.27. The van der Waals surface area contributed by atoms with E-state index in [1.54, 1.807) is 0 Å². The Morgan fingerprint density at radius 1 is 1.12 bits per heavy atom. The average molecular weight is 487 g/mol. The number of esters is 1. The number of carbonyl (C=O) groups excluding carboxylic acids is 1. The Morgan fingerprint density at radius 3 is 2.30 bits per heavy atom. The lowest BCUT2D eigenvalue weighted by atomic mass is 9.83. The summed E-state index contributed by atoms with van der Waals surface area (Å²) in [5, 5.41) is 15.4. The highest BCUT2D eigenvalue weighted by Gasteiger charge is 2.50. The molecule has 0 aromatic carbocycles. The van der Waals surface area contributed by atoms with Crippen molar-refractivity contribution in [2.24, 2.45) is 5.92 Å². The zero-order chi connectivity index (χ0) is 23.5. The van der Waals surface area contributed by atoms with Crippen molar-refractivity contribution in [3.63, 3.8) is 0 Å². The first kappa shape index (κ1) is 24.4.